The summed E-state index contributed by atoms with van der Waals surface area (Å²) in [6, 6.07) is 14.7. The summed E-state index contributed by atoms with van der Waals surface area (Å²) in [4.78, 5) is 30.0. The van der Waals surface area contributed by atoms with Crippen molar-refractivity contribution < 1.29 is 50.6 Å². The van der Waals surface area contributed by atoms with E-state index in [1.807, 2.05) is 18.7 Å². The molecule has 0 atom stereocenters. The van der Waals surface area contributed by atoms with Gasteiger partial charge in [0.25, 0.3) is 0 Å². The van der Waals surface area contributed by atoms with Crippen molar-refractivity contribution in [3.05, 3.63) is 72.6 Å². The second kappa shape index (κ2) is 13.5. The molecular weight excluding hydrogens is 574 g/mol. The molecule has 0 unspecified atom stereocenters. The number of aryl methyl sites for hydroxylation is 1. The number of benzene rings is 1. The Morgan fingerprint density at radius 1 is 0.976 bits per heavy atom. The highest BCUT2D eigenvalue weighted by molar-refractivity contribution is 5.90. The summed E-state index contributed by atoms with van der Waals surface area (Å²) in [5.41, 5.74) is 6.71. The first kappa shape index (κ1) is 32.1. The molecule has 226 valence electrons. The van der Waals surface area contributed by atoms with Gasteiger partial charge in [-0.05, 0) is 38.1 Å². The number of hydrogen-bond acceptors (Lipinski definition) is 6. The van der Waals surface area contributed by atoms with E-state index < -0.39 is 24.3 Å². The van der Waals surface area contributed by atoms with Crippen LogP contribution in [0.3, 0.4) is 0 Å². The maximum Gasteiger partial charge on any atom is 0.490 e. The lowest BCUT2D eigenvalue weighted by Crippen LogP contribution is -2.32. The molecule has 1 aliphatic rings. The van der Waals surface area contributed by atoms with Crippen LogP contribution >= 0.6 is 0 Å². The number of alkyl halides is 6. The van der Waals surface area contributed by atoms with Crippen molar-refractivity contribution in [2.24, 2.45) is 7.05 Å². The van der Waals surface area contributed by atoms with E-state index in [0.717, 1.165) is 54.8 Å². The van der Waals surface area contributed by atoms with E-state index in [4.69, 9.17) is 29.2 Å². The van der Waals surface area contributed by atoms with Crippen molar-refractivity contribution in [3.63, 3.8) is 0 Å². The molecule has 4 heterocycles. The summed E-state index contributed by atoms with van der Waals surface area (Å²) in [5.74, 6) is -5.03. The van der Waals surface area contributed by atoms with Gasteiger partial charge in [0.15, 0.2) is 0 Å². The summed E-state index contributed by atoms with van der Waals surface area (Å²) in [6.07, 6.45) is -2.43. The highest BCUT2D eigenvalue weighted by Crippen LogP contribution is 2.33. The second-order valence-corrected chi connectivity index (χ2v) is 9.27. The van der Waals surface area contributed by atoms with Gasteiger partial charge in [-0.25, -0.2) is 14.6 Å². The molecule has 0 spiro atoms. The van der Waals surface area contributed by atoms with E-state index in [1.54, 1.807) is 6.26 Å². The molecule has 1 fully saturated rings. The van der Waals surface area contributed by atoms with Gasteiger partial charge in [0.2, 0.25) is 0 Å². The molecule has 1 aliphatic heterocycles. The number of likely N-dealkylation sites (tertiary alicyclic amines) is 1. The zero-order valence-electron chi connectivity index (χ0n) is 22.1. The van der Waals surface area contributed by atoms with Crippen LogP contribution < -0.4 is 0 Å². The SMILES string of the molecule is Cn1cnc2c(-c3ccccc3)nc(C3CCN(Cc4ccoc4)CC3)cc21.O=C(O)C(F)(F)F.O=C(O)C(F)(F)F. The van der Waals surface area contributed by atoms with Gasteiger partial charge in [-0.2, -0.15) is 26.3 Å². The zero-order valence-corrected chi connectivity index (χ0v) is 22.1. The molecule has 0 aliphatic carbocycles. The molecule has 2 N–H and O–H groups in total. The fourth-order valence-corrected chi connectivity index (χ4v) is 4.18. The van der Waals surface area contributed by atoms with Crippen LogP contribution in [0.15, 0.2) is 65.7 Å². The quantitative estimate of drug-likeness (QED) is 0.279. The number of carboxylic acid groups (broad SMARTS) is 2. The lowest BCUT2D eigenvalue weighted by Gasteiger charge is -2.31. The average molecular weight is 601 g/mol. The highest BCUT2D eigenvalue weighted by atomic mass is 19.4. The Balaban J connectivity index is 0.000000289. The number of fused-ring (bicyclic) bond motifs is 1. The summed E-state index contributed by atoms with van der Waals surface area (Å²) in [6.45, 7) is 3.13. The second-order valence-electron chi connectivity index (χ2n) is 9.27. The van der Waals surface area contributed by atoms with E-state index in [2.05, 4.69) is 57.9 Å². The molecule has 5 rings (SSSR count). The van der Waals surface area contributed by atoms with Crippen molar-refractivity contribution in [1.82, 2.24) is 19.4 Å². The number of aromatic nitrogens is 3. The Bertz CT molecular complexity index is 1440. The standard InChI is InChI=1S/C23H24N4O.2C2HF3O2/c1-26-16-24-23-21(26)13-20(25-22(23)19-5-3-2-4-6-19)18-7-10-27(11-8-18)14-17-9-12-28-15-17;2*3-2(4,5)1(6)7/h2-6,9,12-13,15-16,18H,7-8,10-11,14H2,1H3;2*(H,6,7). The van der Waals surface area contributed by atoms with E-state index in [0.29, 0.717) is 5.92 Å². The minimum Gasteiger partial charge on any atom is -0.475 e. The molecule has 3 aromatic heterocycles. The topological polar surface area (TPSA) is 122 Å². The van der Waals surface area contributed by atoms with Crippen LogP contribution in [-0.2, 0) is 23.2 Å². The van der Waals surface area contributed by atoms with Crippen LogP contribution in [0.2, 0.25) is 0 Å². The number of nitrogens with zero attached hydrogens (tertiary/aromatic N) is 4. The Kier molecular flexibility index (Phi) is 10.3. The van der Waals surface area contributed by atoms with Crippen molar-refractivity contribution in [1.29, 1.82) is 0 Å². The number of pyridine rings is 1. The van der Waals surface area contributed by atoms with Gasteiger partial charge >= 0.3 is 24.3 Å². The van der Waals surface area contributed by atoms with Gasteiger partial charge in [-0.15, -0.1) is 0 Å². The Morgan fingerprint density at radius 2 is 1.55 bits per heavy atom. The van der Waals surface area contributed by atoms with Crippen LogP contribution in [0, 0.1) is 0 Å². The number of aliphatic carboxylic acids is 2. The van der Waals surface area contributed by atoms with Crippen LogP contribution in [0.1, 0.15) is 30.0 Å². The highest BCUT2D eigenvalue weighted by Gasteiger charge is 2.38. The van der Waals surface area contributed by atoms with Gasteiger partial charge in [0.1, 0.15) is 5.52 Å². The van der Waals surface area contributed by atoms with Gasteiger partial charge in [0.05, 0.1) is 30.1 Å². The van der Waals surface area contributed by atoms with Crippen molar-refractivity contribution >= 4 is 23.0 Å². The molecule has 4 aromatic rings. The number of halogens is 6. The van der Waals surface area contributed by atoms with Crippen molar-refractivity contribution in [2.45, 2.75) is 37.7 Å². The van der Waals surface area contributed by atoms with Crippen LogP contribution in [0.25, 0.3) is 22.3 Å². The molecule has 42 heavy (non-hydrogen) atoms. The normalized spacial score (nSPS) is 14.5. The first-order chi connectivity index (χ1) is 19.7. The van der Waals surface area contributed by atoms with Crippen molar-refractivity contribution in [3.8, 4) is 11.3 Å². The van der Waals surface area contributed by atoms with Crippen molar-refractivity contribution in [2.75, 3.05) is 13.1 Å². The zero-order chi connectivity index (χ0) is 31.1. The van der Waals surface area contributed by atoms with Crippen LogP contribution in [-0.4, -0.2) is 67.0 Å². The predicted molar refractivity (Wildman–Crippen MR) is 137 cm³/mol. The van der Waals surface area contributed by atoms with Crippen LogP contribution in [0.5, 0.6) is 0 Å². The van der Waals surface area contributed by atoms with E-state index in [-0.39, 0.29) is 0 Å². The molecular formula is C27H26F6N4O5. The number of carboxylic acids is 2. The number of piperidine rings is 1. The summed E-state index contributed by atoms with van der Waals surface area (Å²) in [5, 5.41) is 14.2. The van der Waals surface area contributed by atoms with Gasteiger partial charge < -0.3 is 19.2 Å². The van der Waals surface area contributed by atoms with Gasteiger partial charge in [0, 0.05) is 36.3 Å². The summed E-state index contributed by atoms with van der Waals surface area (Å²) < 4.78 is 70.8. The molecule has 0 saturated carbocycles. The van der Waals surface area contributed by atoms with Gasteiger partial charge in [-0.3, -0.25) is 9.88 Å². The average Bonchev–Trinajstić information content (AvgIpc) is 3.58. The van der Waals surface area contributed by atoms with E-state index >= 15 is 0 Å². The fraction of sp³-hybridized carbons (Fsp3) is 0.333. The lowest BCUT2D eigenvalue weighted by atomic mass is 9.92. The fourth-order valence-electron chi connectivity index (χ4n) is 4.18. The lowest BCUT2D eigenvalue weighted by molar-refractivity contribution is -0.193. The van der Waals surface area contributed by atoms with Crippen LogP contribution in [0.4, 0.5) is 26.3 Å². The maximum absolute atomic E-state index is 10.6. The molecule has 0 radical (unpaired) electrons. The Labute approximate surface area is 235 Å². The monoisotopic (exact) mass is 600 g/mol. The largest absolute Gasteiger partial charge is 0.490 e. The first-order valence-corrected chi connectivity index (χ1v) is 12.4. The minimum absolute atomic E-state index is 0.488. The number of carbonyl (C=O) groups is 2. The number of hydrogen-bond donors (Lipinski definition) is 2. The third-order valence-electron chi connectivity index (χ3n) is 6.26. The molecule has 0 bridgehead atoms. The molecule has 15 heteroatoms. The predicted octanol–water partition coefficient (Wildman–Crippen LogP) is 5.87. The molecule has 1 saturated heterocycles. The summed E-state index contributed by atoms with van der Waals surface area (Å²) in [7, 11) is 2.06. The maximum atomic E-state index is 10.6. The third-order valence-corrected chi connectivity index (χ3v) is 6.26. The number of rotatable bonds is 4. The Morgan fingerprint density at radius 3 is 2.05 bits per heavy atom. The number of furan rings is 1. The van der Waals surface area contributed by atoms with E-state index in [9.17, 15) is 26.3 Å². The molecule has 0 amide bonds. The Hall–Kier alpha value is -4.40. The smallest absolute Gasteiger partial charge is 0.475 e. The third kappa shape index (κ3) is 8.80. The minimum atomic E-state index is -5.08. The van der Waals surface area contributed by atoms with Gasteiger partial charge in [-0.1, -0.05) is 30.3 Å². The first-order valence-electron chi connectivity index (χ1n) is 12.4. The van der Waals surface area contributed by atoms with E-state index in [1.165, 1.54) is 11.3 Å². The molecule has 1 aromatic carbocycles. The summed E-state index contributed by atoms with van der Waals surface area (Å²) >= 11 is 0. The molecule has 9 nitrogen and oxygen atoms in total. The number of imidazole rings is 1.